The lowest BCUT2D eigenvalue weighted by Crippen LogP contribution is -2.11. The van der Waals surface area contributed by atoms with Crippen LogP contribution in [0.4, 0.5) is 4.39 Å². The summed E-state index contributed by atoms with van der Waals surface area (Å²) in [6, 6.07) is 1.85. The third-order valence-electron chi connectivity index (χ3n) is 1.46. The predicted octanol–water partition coefficient (Wildman–Crippen LogP) is 3.95. The van der Waals surface area contributed by atoms with E-state index in [1.54, 1.807) is 0 Å². The van der Waals surface area contributed by atoms with Crippen LogP contribution in [0.25, 0.3) is 0 Å². The monoisotopic (exact) mass is 236 g/mol. The van der Waals surface area contributed by atoms with Crippen LogP contribution in [-0.4, -0.2) is 0 Å². The summed E-state index contributed by atoms with van der Waals surface area (Å²) in [5.41, 5.74) is 0.696. The molecule has 0 spiro atoms. The largest absolute Gasteiger partial charge is 0.195 e. The lowest BCUT2D eigenvalue weighted by atomic mass is 9.89. The molecular formula is C8H10BrFS. The Balaban J connectivity index is 3.13. The van der Waals surface area contributed by atoms with Crippen molar-refractivity contribution in [1.29, 1.82) is 0 Å². The first kappa shape index (κ1) is 9.20. The summed E-state index contributed by atoms with van der Waals surface area (Å²) in [5, 5.41) is -0.0793. The molecule has 0 amide bonds. The van der Waals surface area contributed by atoms with Crippen molar-refractivity contribution in [3.8, 4) is 0 Å². The molecule has 0 N–H and O–H groups in total. The summed E-state index contributed by atoms with van der Waals surface area (Å²) in [7, 11) is 0. The summed E-state index contributed by atoms with van der Waals surface area (Å²) < 4.78 is 14.0. The highest BCUT2D eigenvalue weighted by Crippen LogP contribution is 2.33. The van der Waals surface area contributed by atoms with E-state index in [0.29, 0.717) is 0 Å². The zero-order valence-corrected chi connectivity index (χ0v) is 9.14. The molecule has 0 saturated heterocycles. The van der Waals surface area contributed by atoms with Gasteiger partial charge < -0.3 is 0 Å². The maximum absolute atomic E-state index is 13.1. The first-order valence-electron chi connectivity index (χ1n) is 3.36. The Bertz CT molecular complexity index is 260. The standard InChI is InChI=1S/C8H10BrFS/c1-8(2,3)5-4-6(9)11-7(5)10/h4H,1-3H3. The Labute approximate surface area is 78.6 Å². The molecule has 62 valence electrons. The van der Waals surface area contributed by atoms with E-state index in [1.807, 2.05) is 26.8 Å². The van der Waals surface area contributed by atoms with Crippen molar-refractivity contribution in [2.45, 2.75) is 26.2 Å². The van der Waals surface area contributed by atoms with E-state index in [1.165, 1.54) is 0 Å². The molecule has 0 radical (unpaired) electrons. The molecular weight excluding hydrogens is 227 g/mol. The molecule has 0 aliphatic rings. The molecule has 0 saturated carbocycles. The average Bonchev–Trinajstić information content (AvgIpc) is 2.08. The van der Waals surface area contributed by atoms with Crippen LogP contribution in [0.15, 0.2) is 9.85 Å². The van der Waals surface area contributed by atoms with Gasteiger partial charge in [-0.15, -0.1) is 0 Å². The van der Waals surface area contributed by atoms with Gasteiger partial charge in [0.15, 0.2) is 5.13 Å². The molecule has 0 aromatic carbocycles. The molecule has 0 fully saturated rings. The normalized spacial score (nSPS) is 12.1. The van der Waals surface area contributed by atoms with Crippen molar-refractivity contribution in [1.82, 2.24) is 0 Å². The van der Waals surface area contributed by atoms with Crippen LogP contribution >= 0.6 is 27.3 Å². The van der Waals surface area contributed by atoms with Gasteiger partial charge in [0.05, 0.1) is 3.79 Å². The van der Waals surface area contributed by atoms with E-state index in [0.717, 1.165) is 20.7 Å². The van der Waals surface area contributed by atoms with Crippen molar-refractivity contribution in [2.75, 3.05) is 0 Å². The summed E-state index contributed by atoms with van der Waals surface area (Å²) in [6.45, 7) is 6.01. The molecule has 1 aromatic heterocycles. The lowest BCUT2D eigenvalue weighted by Gasteiger charge is -2.16. The number of rotatable bonds is 0. The van der Waals surface area contributed by atoms with Gasteiger partial charge in [0, 0.05) is 5.56 Å². The molecule has 3 heteroatoms. The molecule has 11 heavy (non-hydrogen) atoms. The van der Waals surface area contributed by atoms with E-state index in [4.69, 9.17) is 0 Å². The van der Waals surface area contributed by atoms with Crippen LogP contribution < -0.4 is 0 Å². The smallest absolute Gasteiger partial charge is 0.181 e. The minimum absolute atomic E-state index is 0.0793. The van der Waals surface area contributed by atoms with Crippen molar-refractivity contribution < 1.29 is 4.39 Å². The highest BCUT2D eigenvalue weighted by Gasteiger charge is 2.20. The summed E-state index contributed by atoms with van der Waals surface area (Å²) in [5.74, 6) is 0. The molecule has 0 atom stereocenters. The van der Waals surface area contributed by atoms with Crippen LogP contribution in [0, 0.1) is 5.13 Å². The van der Waals surface area contributed by atoms with Crippen LogP contribution in [0.5, 0.6) is 0 Å². The Hall–Kier alpha value is 0.110. The van der Waals surface area contributed by atoms with Crippen LogP contribution in [0.3, 0.4) is 0 Å². The number of hydrogen-bond acceptors (Lipinski definition) is 1. The number of hydrogen-bond donors (Lipinski definition) is 0. The second-order valence-corrected chi connectivity index (χ2v) is 5.87. The first-order chi connectivity index (χ1) is 4.91. The van der Waals surface area contributed by atoms with E-state index < -0.39 is 0 Å². The summed E-state index contributed by atoms with van der Waals surface area (Å²) in [6.07, 6.45) is 0. The second-order valence-electron chi connectivity index (χ2n) is 3.49. The van der Waals surface area contributed by atoms with E-state index in [-0.39, 0.29) is 10.5 Å². The van der Waals surface area contributed by atoms with Crippen LogP contribution in [-0.2, 0) is 5.41 Å². The highest BCUT2D eigenvalue weighted by molar-refractivity contribution is 9.11. The first-order valence-corrected chi connectivity index (χ1v) is 4.97. The van der Waals surface area contributed by atoms with Gasteiger partial charge in [0.2, 0.25) is 0 Å². The Kier molecular flexibility index (Phi) is 2.40. The molecule has 1 rings (SSSR count). The van der Waals surface area contributed by atoms with Gasteiger partial charge in [-0.05, 0) is 27.4 Å². The summed E-state index contributed by atoms with van der Waals surface area (Å²) in [4.78, 5) is 0. The molecule has 0 bridgehead atoms. The molecule has 1 heterocycles. The van der Waals surface area contributed by atoms with Gasteiger partial charge in [-0.25, -0.2) is 0 Å². The minimum atomic E-state index is -0.0907. The topological polar surface area (TPSA) is 0 Å². The minimum Gasteiger partial charge on any atom is -0.195 e. The van der Waals surface area contributed by atoms with Gasteiger partial charge in [-0.1, -0.05) is 32.1 Å². The zero-order chi connectivity index (χ0) is 8.65. The van der Waals surface area contributed by atoms with Crippen molar-refractivity contribution >= 4 is 27.3 Å². The fourth-order valence-electron chi connectivity index (χ4n) is 0.852. The van der Waals surface area contributed by atoms with Crippen molar-refractivity contribution in [3.05, 3.63) is 20.5 Å². The third-order valence-corrected chi connectivity index (χ3v) is 2.89. The quantitative estimate of drug-likeness (QED) is 0.640. The fraction of sp³-hybridized carbons (Fsp3) is 0.500. The maximum Gasteiger partial charge on any atom is 0.181 e. The van der Waals surface area contributed by atoms with Gasteiger partial charge in [0.25, 0.3) is 0 Å². The molecule has 0 aliphatic heterocycles. The van der Waals surface area contributed by atoms with E-state index >= 15 is 0 Å². The SMILES string of the molecule is CC(C)(C)c1cc(Br)sc1F. The fourth-order valence-corrected chi connectivity index (χ4v) is 2.33. The van der Waals surface area contributed by atoms with Crippen molar-refractivity contribution in [2.24, 2.45) is 0 Å². The zero-order valence-electron chi connectivity index (χ0n) is 6.74. The molecule has 0 aliphatic carbocycles. The van der Waals surface area contributed by atoms with Gasteiger partial charge in [-0.2, -0.15) is 4.39 Å². The molecule has 0 nitrogen and oxygen atoms in total. The van der Waals surface area contributed by atoms with Crippen LogP contribution in [0.1, 0.15) is 26.3 Å². The van der Waals surface area contributed by atoms with E-state index in [2.05, 4.69) is 15.9 Å². The average molecular weight is 237 g/mol. The highest BCUT2D eigenvalue weighted by atomic mass is 79.9. The van der Waals surface area contributed by atoms with Gasteiger partial charge >= 0.3 is 0 Å². The number of halogens is 2. The lowest BCUT2D eigenvalue weighted by molar-refractivity contribution is 0.539. The van der Waals surface area contributed by atoms with Gasteiger partial charge in [-0.3, -0.25) is 0 Å². The Morgan fingerprint density at radius 2 is 2.00 bits per heavy atom. The predicted molar refractivity (Wildman–Crippen MR) is 50.7 cm³/mol. The number of thiophene rings is 1. The second kappa shape index (κ2) is 2.87. The summed E-state index contributed by atoms with van der Waals surface area (Å²) >= 11 is 4.40. The Morgan fingerprint density at radius 1 is 1.45 bits per heavy atom. The maximum atomic E-state index is 13.1. The van der Waals surface area contributed by atoms with Crippen molar-refractivity contribution in [3.63, 3.8) is 0 Å². The van der Waals surface area contributed by atoms with Crippen LogP contribution in [0.2, 0.25) is 0 Å². The molecule has 1 aromatic rings. The Morgan fingerprint density at radius 3 is 2.18 bits per heavy atom. The van der Waals surface area contributed by atoms with Gasteiger partial charge in [0.1, 0.15) is 0 Å². The van der Waals surface area contributed by atoms with E-state index in [9.17, 15) is 4.39 Å². The molecule has 0 unspecified atom stereocenters. The third kappa shape index (κ3) is 2.03.